The van der Waals surface area contributed by atoms with Crippen LogP contribution in [0.3, 0.4) is 0 Å². The molecule has 140 valence electrons. The van der Waals surface area contributed by atoms with E-state index in [9.17, 15) is 36.3 Å². The molecule has 0 aliphatic heterocycles. The average molecular weight is 362 g/mol. The number of alkyl halides is 5. The zero-order valence-corrected chi connectivity index (χ0v) is 13.6. The smallest absolute Gasteiger partial charge is 0.463 e. The summed E-state index contributed by atoms with van der Waals surface area (Å²) < 4.78 is 66.9. The second kappa shape index (κ2) is 8.25. The van der Waals surface area contributed by atoms with Crippen molar-refractivity contribution in [3.63, 3.8) is 0 Å². The summed E-state index contributed by atoms with van der Waals surface area (Å²) in [6, 6.07) is 0. The molecule has 0 N–H and O–H groups in total. The SMILES string of the molecule is CC(C)COC(=O)CN(C)C(=O)CN(C)C(=O)C(F)(F)C(F)(F)F. The van der Waals surface area contributed by atoms with Gasteiger partial charge in [-0.2, -0.15) is 22.0 Å². The Hall–Kier alpha value is -1.94. The van der Waals surface area contributed by atoms with Crippen molar-refractivity contribution in [1.82, 2.24) is 9.80 Å². The van der Waals surface area contributed by atoms with Crippen LogP contribution in [0.25, 0.3) is 0 Å². The third kappa shape index (κ3) is 6.28. The fourth-order valence-corrected chi connectivity index (χ4v) is 1.34. The molecule has 0 aliphatic rings. The molecule has 0 aromatic rings. The summed E-state index contributed by atoms with van der Waals surface area (Å²) in [7, 11) is 1.75. The van der Waals surface area contributed by atoms with Gasteiger partial charge in [-0.3, -0.25) is 14.4 Å². The number of carbonyl (C=O) groups is 3. The molecule has 0 rings (SSSR count). The monoisotopic (exact) mass is 362 g/mol. The summed E-state index contributed by atoms with van der Waals surface area (Å²) in [6.45, 7) is 2.10. The van der Waals surface area contributed by atoms with E-state index >= 15 is 0 Å². The van der Waals surface area contributed by atoms with Crippen molar-refractivity contribution in [2.45, 2.75) is 25.9 Å². The lowest BCUT2D eigenvalue weighted by Gasteiger charge is -2.26. The van der Waals surface area contributed by atoms with E-state index in [-0.39, 0.29) is 17.4 Å². The predicted octanol–water partition coefficient (Wildman–Crippen LogP) is 1.30. The van der Waals surface area contributed by atoms with Crippen LogP contribution in [-0.2, 0) is 19.1 Å². The van der Waals surface area contributed by atoms with Crippen molar-refractivity contribution in [2.24, 2.45) is 5.92 Å². The predicted molar refractivity (Wildman–Crippen MR) is 72.1 cm³/mol. The van der Waals surface area contributed by atoms with E-state index < -0.39 is 43.0 Å². The van der Waals surface area contributed by atoms with Crippen LogP contribution in [0.15, 0.2) is 0 Å². The fraction of sp³-hybridized carbons (Fsp3) is 0.769. The summed E-state index contributed by atoms with van der Waals surface area (Å²) in [5.74, 6) is -9.86. The van der Waals surface area contributed by atoms with Gasteiger partial charge in [0.15, 0.2) is 0 Å². The van der Waals surface area contributed by atoms with E-state index in [1.807, 2.05) is 0 Å². The highest BCUT2D eigenvalue weighted by Gasteiger charge is 2.64. The van der Waals surface area contributed by atoms with Crippen molar-refractivity contribution in [3.8, 4) is 0 Å². The summed E-state index contributed by atoms with van der Waals surface area (Å²) in [4.78, 5) is 35.0. The topological polar surface area (TPSA) is 66.9 Å². The van der Waals surface area contributed by atoms with Gasteiger partial charge in [0.05, 0.1) is 13.2 Å². The molecule has 0 spiro atoms. The lowest BCUT2D eigenvalue weighted by atomic mass is 10.2. The van der Waals surface area contributed by atoms with Gasteiger partial charge in [0, 0.05) is 14.1 Å². The van der Waals surface area contributed by atoms with Crippen molar-refractivity contribution < 1.29 is 41.1 Å². The van der Waals surface area contributed by atoms with Gasteiger partial charge in [-0.1, -0.05) is 13.8 Å². The van der Waals surface area contributed by atoms with Gasteiger partial charge in [-0.15, -0.1) is 0 Å². The van der Waals surface area contributed by atoms with E-state index in [0.717, 1.165) is 11.9 Å². The Morgan fingerprint density at radius 3 is 1.88 bits per heavy atom. The number of ether oxygens (including phenoxy) is 1. The van der Waals surface area contributed by atoms with Crippen molar-refractivity contribution >= 4 is 17.8 Å². The van der Waals surface area contributed by atoms with Crippen LogP contribution < -0.4 is 0 Å². The maximum Gasteiger partial charge on any atom is 0.463 e. The van der Waals surface area contributed by atoms with E-state index in [2.05, 4.69) is 0 Å². The Morgan fingerprint density at radius 1 is 0.958 bits per heavy atom. The van der Waals surface area contributed by atoms with Gasteiger partial charge < -0.3 is 14.5 Å². The first-order chi connectivity index (χ1) is 10.7. The Bertz CT molecular complexity index is 479. The van der Waals surface area contributed by atoms with Gasteiger partial charge >= 0.3 is 24.0 Å². The molecular formula is C13H19F5N2O4. The molecule has 11 heteroatoms. The standard InChI is InChI=1S/C13H19F5N2O4/c1-8(2)7-24-10(22)6-19(3)9(21)5-20(4)11(23)12(14,15)13(16,17)18/h8H,5-7H2,1-4H3. The molecule has 0 saturated carbocycles. The summed E-state index contributed by atoms with van der Waals surface area (Å²) >= 11 is 0. The number of likely N-dealkylation sites (N-methyl/N-ethyl adjacent to an activating group) is 2. The highest BCUT2D eigenvalue weighted by Crippen LogP contribution is 2.36. The first-order valence-corrected chi connectivity index (χ1v) is 6.79. The molecule has 0 aliphatic carbocycles. The highest BCUT2D eigenvalue weighted by molar-refractivity contribution is 5.89. The number of esters is 1. The second-order valence-electron chi connectivity index (χ2n) is 5.56. The second-order valence-corrected chi connectivity index (χ2v) is 5.56. The number of hydrogen-bond donors (Lipinski definition) is 0. The summed E-state index contributed by atoms with van der Waals surface area (Å²) in [5.41, 5.74) is 0. The van der Waals surface area contributed by atoms with E-state index in [1.54, 1.807) is 13.8 Å². The normalized spacial score (nSPS) is 12.1. The van der Waals surface area contributed by atoms with Gasteiger partial charge in [-0.05, 0) is 5.92 Å². The first kappa shape index (κ1) is 22.1. The van der Waals surface area contributed by atoms with Crippen LogP contribution in [0.5, 0.6) is 0 Å². The van der Waals surface area contributed by atoms with Gasteiger partial charge in [0.2, 0.25) is 5.91 Å². The lowest BCUT2D eigenvalue weighted by Crippen LogP contribution is -2.53. The highest BCUT2D eigenvalue weighted by atomic mass is 19.4. The molecule has 0 bridgehead atoms. The Morgan fingerprint density at radius 2 is 1.46 bits per heavy atom. The maximum absolute atomic E-state index is 12.9. The molecule has 0 atom stereocenters. The molecular weight excluding hydrogens is 343 g/mol. The summed E-state index contributed by atoms with van der Waals surface area (Å²) in [5, 5.41) is 0. The zero-order chi connectivity index (χ0) is 19.3. The van der Waals surface area contributed by atoms with Crippen molar-refractivity contribution in [2.75, 3.05) is 33.8 Å². The largest absolute Gasteiger partial charge is 0.464 e. The minimum absolute atomic E-state index is 0.0498. The molecule has 0 fully saturated rings. The third-order valence-electron chi connectivity index (χ3n) is 2.71. The van der Waals surface area contributed by atoms with Gasteiger partial charge in [0.1, 0.15) is 6.54 Å². The van der Waals surface area contributed by atoms with E-state index in [4.69, 9.17) is 4.74 Å². The molecule has 0 radical (unpaired) electrons. The molecule has 0 heterocycles. The average Bonchev–Trinajstić information content (AvgIpc) is 2.42. The molecule has 6 nitrogen and oxygen atoms in total. The number of hydrogen-bond acceptors (Lipinski definition) is 4. The molecule has 0 unspecified atom stereocenters. The van der Waals surface area contributed by atoms with Crippen molar-refractivity contribution in [1.29, 1.82) is 0 Å². The van der Waals surface area contributed by atoms with E-state index in [0.29, 0.717) is 7.05 Å². The maximum atomic E-state index is 12.9. The molecule has 24 heavy (non-hydrogen) atoms. The van der Waals surface area contributed by atoms with Crippen LogP contribution in [0, 0.1) is 5.92 Å². The Labute approximate surface area is 135 Å². The molecule has 0 saturated heterocycles. The molecule has 0 aromatic carbocycles. The quantitative estimate of drug-likeness (QED) is 0.506. The summed E-state index contributed by atoms with van der Waals surface area (Å²) in [6.07, 6.45) is -6.06. The van der Waals surface area contributed by atoms with Gasteiger partial charge in [-0.25, -0.2) is 0 Å². The van der Waals surface area contributed by atoms with Crippen LogP contribution in [0.2, 0.25) is 0 Å². The number of halogens is 5. The minimum Gasteiger partial charge on any atom is -0.464 e. The number of amides is 2. The number of carbonyl (C=O) groups excluding carboxylic acids is 3. The van der Waals surface area contributed by atoms with Crippen LogP contribution in [-0.4, -0.2) is 73.5 Å². The number of nitrogens with zero attached hydrogens (tertiary/aromatic N) is 2. The minimum atomic E-state index is -6.06. The van der Waals surface area contributed by atoms with Crippen molar-refractivity contribution in [3.05, 3.63) is 0 Å². The van der Waals surface area contributed by atoms with Crippen LogP contribution in [0.1, 0.15) is 13.8 Å². The van der Waals surface area contributed by atoms with Gasteiger partial charge in [0.25, 0.3) is 0 Å². The first-order valence-electron chi connectivity index (χ1n) is 6.79. The Balaban J connectivity index is 4.65. The Kier molecular flexibility index (Phi) is 7.58. The molecule has 0 aromatic heterocycles. The third-order valence-corrected chi connectivity index (χ3v) is 2.71. The van der Waals surface area contributed by atoms with Crippen LogP contribution >= 0.6 is 0 Å². The fourth-order valence-electron chi connectivity index (χ4n) is 1.34. The molecule has 2 amide bonds. The number of rotatable bonds is 7. The van der Waals surface area contributed by atoms with E-state index in [1.165, 1.54) is 0 Å². The lowest BCUT2D eigenvalue weighted by molar-refractivity contribution is -0.273. The van der Waals surface area contributed by atoms with Crippen LogP contribution in [0.4, 0.5) is 22.0 Å². The zero-order valence-electron chi connectivity index (χ0n) is 13.6.